The molecule has 24 heavy (non-hydrogen) atoms. The smallest absolute Gasteiger partial charge is 0.294 e. The molecule has 2 rings (SSSR count). The highest BCUT2D eigenvalue weighted by atomic mass is 35.5. The van der Waals surface area contributed by atoms with Crippen LogP contribution in [-0.2, 0) is 24.9 Å². The number of hydrogen-bond acceptors (Lipinski definition) is 8. The molecule has 0 saturated heterocycles. The van der Waals surface area contributed by atoms with E-state index in [0.717, 1.165) is 12.1 Å². The van der Waals surface area contributed by atoms with Crippen LogP contribution in [0, 0.1) is 10.1 Å². The highest BCUT2D eigenvalue weighted by molar-refractivity contribution is 7.90. The van der Waals surface area contributed by atoms with Gasteiger partial charge in [0, 0.05) is 0 Å². The molecule has 1 unspecified atom stereocenters. The van der Waals surface area contributed by atoms with Crippen molar-refractivity contribution in [2.24, 2.45) is 5.14 Å². The molecule has 1 heterocycles. The van der Waals surface area contributed by atoms with E-state index in [1.807, 2.05) is 0 Å². The lowest BCUT2D eigenvalue weighted by Gasteiger charge is -2.28. The number of fused-ring (bicyclic) bond motifs is 1. The van der Waals surface area contributed by atoms with Gasteiger partial charge in [-0.25, -0.2) is 22.0 Å². The SMILES string of the molecule is NS(=O)(=O)c1cc2c(cc1Cl)NC(CCCO[N+](=O)[O-])NS2(=O)=O. The zero-order chi connectivity index (χ0) is 18.1. The molecule has 0 saturated carbocycles. The predicted octanol–water partition coefficient (Wildman–Crippen LogP) is 0.00580. The summed E-state index contributed by atoms with van der Waals surface area (Å²) >= 11 is 5.84. The van der Waals surface area contributed by atoms with E-state index in [4.69, 9.17) is 16.7 Å². The van der Waals surface area contributed by atoms with Gasteiger partial charge in [-0.05, 0) is 25.0 Å². The first-order valence-electron chi connectivity index (χ1n) is 6.43. The Bertz CT molecular complexity index is 871. The molecule has 1 aliphatic rings. The maximum Gasteiger partial charge on any atom is 0.294 e. The maximum atomic E-state index is 12.2. The second kappa shape index (κ2) is 6.68. The normalized spacial score (nSPS) is 19.2. The molecule has 1 atom stereocenters. The van der Waals surface area contributed by atoms with Crippen LogP contribution in [0.1, 0.15) is 12.8 Å². The molecular formula is C10H13ClN4O7S2. The van der Waals surface area contributed by atoms with Crippen LogP contribution in [0.5, 0.6) is 0 Å². The fraction of sp³-hybridized carbons (Fsp3) is 0.400. The van der Waals surface area contributed by atoms with E-state index in [1.165, 1.54) is 0 Å². The van der Waals surface area contributed by atoms with E-state index in [1.54, 1.807) is 0 Å². The summed E-state index contributed by atoms with van der Waals surface area (Å²) < 4.78 is 49.6. The van der Waals surface area contributed by atoms with Crippen molar-refractivity contribution in [1.82, 2.24) is 4.72 Å². The number of halogens is 1. The van der Waals surface area contributed by atoms with E-state index < -0.39 is 36.2 Å². The third kappa shape index (κ3) is 4.24. The fourth-order valence-electron chi connectivity index (χ4n) is 2.11. The molecule has 4 N–H and O–H groups in total. The van der Waals surface area contributed by atoms with Gasteiger partial charge in [0.1, 0.15) is 9.79 Å². The Morgan fingerprint density at radius 1 is 1.42 bits per heavy atom. The topological polar surface area (TPSA) is 171 Å². The maximum absolute atomic E-state index is 12.2. The summed E-state index contributed by atoms with van der Waals surface area (Å²) in [6, 6.07) is 2.02. The van der Waals surface area contributed by atoms with Crippen LogP contribution >= 0.6 is 11.6 Å². The first kappa shape index (κ1) is 18.7. The van der Waals surface area contributed by atoms with Crippen LogP contribution in [0.25, 0.3) is 0 Å². The molecule has 0 fully saturated rings. The van der Waals surface area contributed by atoms with E-state index in [0.29, 0.717) is 0 Å². The summed E-state index contributed by atoms with van der Waals surface area (Å²) in [5, 5.41) is 16.7. The second-order valence-corrected chi connectivity index (χ2v) is 8.46. The summed E-state index contributed by atoms with van der Waals surface area (Å²) in [6.45, 7) is -0.190. The first-order chi connectivity index (χ1) is 11.0. The number of sulfonamides is 2. The van der Waals surface area contributed by atoms with Gasteiger partial charge in [0.05, 0.1) is 23.5 Å². The number of rotatable bonds is 6. The molecule has 0 aromatic heterocycles. The van der Waals surface area contributed by atoms with Gasteiger partial charge >= 0.3 is 0 Å². The Labute approximate surface area is 142 Å². The van der Waals surface area contributed by atoms with Crippen molar-refractivity contribution >= 4 is 37.3 Å². The van der Waals surface area contributed by atoms with Crippen molar-refractivity contribution in [1.29, 1.82) is 0 Å². The van der Waals surface area contributed by atoms with Crippen LogP contribution in [-0.4, -0.2) is 34.7 Å². The summed E-state index contributed by atoms with van der Waals surface area (Å²) in [4.78, 5) is 13.4. The Balaban J connectivity index is 2.25. The van der Waals surface area contributed by atoms with Gasteiger partial charge in [0.2, 0.25) is 20.0 Å². The van der Waals surface area contributed by atoms with Gasteiger partial charge < -0.3 is 10.2 Å². The summed E-state index contributed by atoms with van der Waals surface area (Å²) in [6.07, 6.45) is -0.352. The molecule has 0 amide bonds. The summed E-state index contributed by atoms with van der Waals surface area (Å²) in [7, 11) is -8.20. The molecule has 11 nitrogen and oxygen atoms in total. The van der Waals surface area contributed by atoms with Crippen molar-refractivity contribution in [2.45, 2.75) is 28.8 Å². The quantitative estimate of drug-likeness (QED) is 0.340. The van der Waals surface area contributed by atoms with Gasteiger partial charge in [-0.15, -0.1) is 10.1 Å². The number of nitrogens with two attached hydrogens (primary N) is 1. The van der Waals surface area contributed by atoms with E-state index in [9.17, 15) is 26.9 Å². The second-order valence-electron chi connectivity index (χ2n) is 4.84. The van der Waals surface area contributed by atoms with E-state index in [-0.39, 0.29) is 35.1 Å². The van der Waals surface area contributed by atoms with E-state index in [2.05, 4.69) is 14.9 Å². The minimum Gasteiger partial charge on any atom is -0.368 e. The molecule has 14 heteroatoms. The zero-order valence-corrected chi connectivity index (χ0v) is 14.3. The van der Waals surface area contributed by atoms with Gasteiger partial charge in [0.15, 0.2) is 0 Å². The van der Waals surface area contributed by atoms with Crippen molar-refractivity contribution in [3.63, 3.8) is 0 Å². The molecule has 0 spiro atoms. The number of nitrogens with zero attached hydrogens (tertiary/aromatic N) is 1. The van der Waals surface area contributed by atoms with Gasteiger partial charge in [-0.1, -0.05) is 11.6 Å². The molecule has 1 aromatic rings. The van der Waals surface area contributed by atoms with Crippen LogP contribution < -0.4 is 15.2 Å². The Hall–Kier alpha value is -1.67. The molecule has 0 radical (unpaired) electrons. The summed E-state index contributed by atoms with van der Waals surface area (Å²) in [5.41, 5.74) is 0.103. The molecule has 1 aliphatic heterocycles. The van der Waals surface area contributed by atoms with Crippen LogP contribution in [0.3, 0.4) is 0 Å². The number of benzene rings is 1. The first-order valence-corrected chi connectivity index (χ1v) is 9.84. The highest BCUT2D eigenvalue weighted by Gasteiger charge is 2.31. The molecule has 1 aromatic carbocycles. The van der Waals surface area contributed by atoms with Gasteiger partial charge in [-0.3, -0.25) is 0 Å². The molecular weight excluding hydrogens is 388 g/mol. The number of primary sulfonamides is 1. The Morgan fingerprint density at radius 2 is 2.08 bits per heavy atom. The average Bonchev–Trinajstić information content (AvgIpc) is 2.40. The number of nitrogens with one attached hydrogen (secondary N) is 2. The lowest BCUT2D eigenvalue weighted by Crippen LogP contribution is -2.44. The lowest BCUT2D eigenvalue weighted by atomic mass is 10.2. The molecule has 0 aliphatic carbocycles. The van der Waals surface area contributed by atoms with Crippen molar-refractivity contribution in [3.05, 3.63) is 27.3 Å². The van der Waals surface area contributed by atoms with Gasteiger partial charge in [-0.2, -0.15) is 4.72 Å². The molecule has 0 bridgehead atoms. The largest absolute Gasteiger partial charge is 0.368 e. The average molecular weight is 401 g/mol. The minimum absolute atomic E-state index is 0.103. The minimum atomic E-state index is -4.19. The van der Waals surface area contributed by atoms with E-state index >= 15 is 0 Å². The number of anilines is 1. The standard InChI is InChI=1S/C10H13ClN4O7S2/c11-6-4-7-9(5-8(6)23(12,18)19)24(20,21)14-10(13-7)2-1-3-22-15(16)17/h4-5,10,13-14H,1-3H2,(H2,12,18,19). The molecule has 134 valence electrons. The number of hydrogen-bond donors (Lipinski definition) is 3. The highest BCUT2D eigenvalue weighted by Crippen LogP contribution is 2.34. The van der Waals surface area contributed by atoms with Crippen LogP contribution in [0.15, 0.2) is 21.9 Å². The zero-order valence-electron chi connectivity index (χ0n) is 11.9. The predicted molar refractivity (Wildman–Crippen MR) is 82.7 cm³/mol. The van der Waals surface area contributed by atoms with Gasteiger partial charge in [0.25, 0.3) is 5.09 Å². The summed E-state index contributed by atoms with van der Waals surface area (Å²) in [5.74, 6) is 0. The van der Waals surface area contributed by atoms with Crippen molar-refractivity contribution in [2.75, 3.05) is 11.9 Å². The monoisotopic (exact) mass is 400 g/mol. The van der Waals surface area contributed by atoms with Crippen molar-refractivity contribution < 1.29 is 26.8 Å². The lowest BCUT2D eigenvalue weighted by molar-refractivity contribution is -0.757. The van der Waals surface area contributed by atoms with Crippen LogP contribution in [0.4, 0.5) is 5.69 Å². The Kier molecular flexibility index (Phi) is 5.19. The van der Waals surface area contributed by atoms with Crippen LogP contribution in [0.2, 0.25) is 5.02 Å². The third-order valence-corrected chi connectivity index (χ3v) is 5.98. The fourth-order valence-corrected chi connectivity index (χ4v) is 4.65. The third-order valence-electron chi connectivity index (χ3n) is 3.09. The van der Waals surface area contributed by atoms with Crippen molar-refractivity contribution in [3.8, 4) is 0 Å². The Morgan fingerprint density at radius 3 is 2.67 bits per heavy atom.